The number of halogens is 1. The Morgan fingerprint density at radius 1 is 1.10 bits per heavy atom. The molecule has 1 heterocycles. The zero-order valence-electron chi connectivity index (χ0n) is 10.1. The van der Waals surface area contributed by atoms with Gasteiger partial charge in [0.1, 0.15) is 5.52 Å². The molecule has 2 amide bonds. The van der Waals surface area contributed by atoms with Crippen LogP contribution in [0.2, 0.25) is 5.02 Å². The molecule has 100 valence electrons. The van der Waals surface area contributed by atoms with Crippen LogP contribution in [0.4, 0.5) is 16.2 Å². The predicted octanol–water partition coefficient (Wildman–Crippen LogP) is 3.99. The van der Waals surface area contributed by atoms with Crippen molar-refractivity contribution in [2.24, 2.45) is 0 Å². The van der Waals surface area contributed by atoms with Crippen molar-refractivity contribution in [1.82, 2.24) is 9.59 Å². The largest absolute Gasteiger partial charge is 0.323 e. The van der Waals surface area contributed by atoms with Crippen molar-refractivity contribution in [3.63, 3.8) is 0 Å². The molecule has 2 N–H and O–H groups in total. The molecule has 0 fully saturated rings. The summed E-state index contributed by atoms with van der Waals surface area (Å²) < 4.78 is 4.83. The van der Waals surface area contributed by atoms with E-state index < -0.39 is 0 Å². The van der Waals surface area contributed by atoms with Gasteiger partial charge in [0, 0.05) is 16.4 Å². The van der Waals surface area contributed by atoms with Gasteiger partial charge in [0.2, 0.25) is 0 Å². The van der Waals surface area contributed by atoms with Crippen molar-refractivity contribution in [2.45, 2.75) is 0 Å². The molecular weight excluding hydrogens is 296 g/mol. The second-order valence-electron chi connectivity index (χ2n) is 4.04. The van der Waals surface area contributed by atoms with E-state index in [0.29, 0.717) is 16.4 Å². The summed E-state index contributed by atoms with van der Waals surface area (Å²) in [7, 11) is 0. The summed E-state index contributed by atoms with van der Waals surface area (Å²) in [4.78, 5) is 11.9. The second kappa shape index (κ2) is 5.44. The van der Waals surface area contributed by atoms with Crippen LogP contribution in [0.15, 0.2) is 42.5 Å². The smallest absolute Gasteiger partial charge is 0.308 e. The number of hydrogen-bond acceptors (Lipinski definition) is 4. The SMILES string of the molecule is O=C(Nc1cccc(Cl)c1)Nc1ccc2snnc2c1. The van der Waals surface area contributed by atoms with E-state index in [0.717, 1.165) is 10.2 Å². The lowest BCUT2D eigenvalue weighted by Crippen LogP contribution is -2.19. The van der Waals surface area contributed by atoms with E-state index in [1.54, 1.807) is 36.4 Å². The van der Waals surface area contributed by atoms with Crippen LogP contribution in [0.1, 0.15) is 0 Å². The first-order chi connectivity index (χ1) is 9.70. The summed E-state index contributed by atoms with van der Waals surface area (Å²) in [5, 5.41) is 9.97. The highest BCUT2D eigenvalue weighted by atomic mass is 35.5. The third-order valence-electron chi connectivity index (χ3n) is 2.59. The Hall–Kier alpha value is -2.18. The van der Waals surface area contributed by atoms with Crippen LogP contribution in [0.3, 0.4) is 0 Å². The number of nitrogens with zero attached hydrogens (tertiary/aromatic N) is 2. The highest BCUT2D eigenvalue weighted by Gasteiger charge is 2.05. The quantitative estimate of drug-likeness (QED) is 0.752. The lowest BCUT2D eigenvalue weighted by atomic mass is 10.3. The Balaban J connectivity index is 1.72. The van der Waals surface area contributed by atoms with Gasteiger partial charge in [-0.25, -0.2) is 4.79 Å². The molecular formula is C13H9ClN4OS. The first kappa shape index (κ1) is 12.8. The number of urea groups is 1. The van der Waals surface area contributed by atoms with Crippen molar-refractivity contribution in [1.29, 1.82) is 0 Å². The van der Waals surface area contributed by atoms with Crippen LogP contribution >= 0.6 is 23.1 Å². The molecule has 2 aromatic carbocycles. The minimum Gasteiger partial charge on any atom is -0.308 e. The van der Waals surface area contributed by atoms with Gasteiger partial charge in [-0.3, -0.25) is 0 Å². The summed E-state index contributed by atoms with van der Waals surface area (Å²) in [6.45, 7) is 0. The van der Waals surface area contributed by atoms with Crippen molar-refractivity contribution in [3.05, 3.63) is 47.5 Å². The molecule has 0 spiro atoms. The number of anilines is 2. The van der Waals surface area contributed by atoms with Gasteiger partial charge < -0.3 is 10.6 Å². The summed E-state index contributed by atoms with van der Waals surface area (Å²) >= 11 is 7.17. The molecule has 0 saturated heterocycles. The third kappa shape index (κ3) is 2.87. The summed E-state index contributed by atoms with van der Waals surface area (Å²) in [6, 6.07) is 12.1. The van der Waals surface area contributed by atoms with Crippen molar-refractivity contribution in [3.8, 4) is 0 Å². The van der Waals surface area contributed by atoms with Gasteiger partial charge in [0.15, 0.2) is 0 Å². The van der Waals surface area contributed by atoms with Gasteiger partial charge in [-0.05, 0) is 47.9 Å². The molecule has 0 aliphatic carbocycles. The number of hydrogen-bond donors (Lipinski definition) is 2. The van der Waals surface area contributed by atoms with Crippen molar-refractivity contribution < 1.29 is 4.79 Å². The van der Waals surface area contributed by atoms with Crippen LogP contribution in [0.5, 0.6) is 0 Å². The molecule has 7 heteroatoms. The summed E-state index contributed by atoms with van der Waals surface area (Å²) in [5.41, 5.74) is 2.05. The molecule has 1 aromatic heterocycles. The zero-order chi connectivity index (χ0) is 13.9. The highest BCUT2D eigenvalue weighted by Crippen LogP contribution is 2.20. The maximum atomic E-state index is 11.9. The van der Waals surface area contributed by atoms with E-state index in [4.69, 9.17) is 11.6 Å². The second-order valence-corrected chi connectivity index (χ2v) is 5.27. The Bertz CT molecular complexity index is 774. The van der Waals surface area contributed by atoms with Crippen molar-refractivity contribution in [2.75, 3.05) is 10.6 Å². The molecule has 3 aromatic rings. The van der Waals surface area contributed by atoms with E-state index >= 15 is 0 Å². The topological polar surface area (TPSA) is 66.9 Å². The van der Waals surface area contributed by atoms with E-state index in [1.165, 1.54) is 11.5 Å². The Morgan fingerprint density at radius 2 is 1.90 bits per heavy atom. The fourth-order valence-corrected chi connectivity index (χ4v) is 2.45. The van der Waals surface area contributed by atoms with Gasteiger partial charge in [-0.2, -0.15) is 0 Å². The molecule has 0 radical (unpaired) electrons. The van der Waals surface area contributed by atoms with Crippen LogP contribution in [0.25, 0.3) is 10.2 Å². The lowest BCUT2D eigenvalue weighted by molar-refractivity contribution is 0.262. The van der Waals surface area contributed by atoms with Crippen LogP contribution < -0.4 is 10.6 Å². The van der Waals surface area contributed by atoms with Gasteiger partial charge in [0.25, 0.3) is 0 Å². The molecule has 0 atom stereocenters. The maximum absolute atomic E-state index is 11.9. The van der Waals surface area contributed by atoms with E-state index in [-0.39, 0.29) is 6.03 Å². The maximum Gasteiger partial charge on any atom is 0.323 e. The number of carbonyl (C=O) groups excluding carboxylic acids is 1. The number of carbonyl (C=O) groups is 1. The van der Waals surface area contributed by atoms with Gasteiger partial charge in [-0.1, -0.05) is 22.2 Å². The Kier molecular flexibility index (Phi) is 3.49. The number of fused-ring (bicyclic) bond motifs is 1. The van der Waals surface area contributed by atoms with Crippen LogP contribution in [0, 0.1) is 0 Å². The molecule has 0 saturated carbocycles. The minimum atomic E-state index is -0.338. The van der Waals surface area contributed by atoms with Crippen LogP contribution in [-0.4, -0.2) is 15.6 Å². The van der Waals surface area contributed by atoms with Gasteiger partial charge in [-0.15, -0.1) is 5.10 Å². The van der Waals surface area contributed by atoms with Crippen molar-refractivity contribution >= 4 is 50.8 Å². The van der Waals surface area contributed by atoms with E-state index in [2.05, 4.69) is 20.2 Å². The highest BCUT2D eigenvalue weighted by molar-refractivity contribution is 7.12. The number of benzene rings is 2. The molecule has 5 nitrogen and oxygen atoms in total. The number of nitrogens with one attached hydrogen (secondary N) is 2. The monoisotopic (exact) mass is 304 g/mol. The zero-order valence-corrected chi connectivity index (χ0v) is 11.7. The van der Waals surface area contributed by atoms with Gasteiger partial charge in [0.05, 0.1) is 4.70 Å². The fourth-order valence-electron chi connectivity index (χ4n) is 1.72. The molecule has 0 aliphatic heterocycles. The summed E-state index contributed by atoms with van der Waals surface area (Å²) in [5.74, 6) is 0. The average Bonchev–Trinajstić information content (AvgIpc) is 2.86. The lowest BCUT2D eigenvalue weighted by Gasteiger charge is -2.07. The minimum absolute atomic E-state index is 0.338. The molecule has 0 bridgehead atoms. The summed E-state index contributed by atoms with van der Waals surface area (Å²) in [6.07, 6.45) is 0. The fraction of sp³-hybridized carbons (Fsp3) is 0. The van der Waals surface area contributed by atoms with Crippen LogP contribution in [-0.2, 0) is 0 Å². The van der Waals surface area contributed by atoms with E-state index in [1.807, 2.05) is 6.07 Å². The standard InChI is InChI=1S/C13H9ClN4OS/c14-8-2-1-3-9(6-8)15-13(19)16-10-4-5-12-11(7-10)17-18-20-12/h1-7H,(H2,15,16,19). The first-order valence-electron chi connectivity index (χ1n) is 5.76. The predicted molar refractivity (Wildman–Crippen MR) is 81.5 cm³/mol. The first-order valence-corrected chi connectivity index (χ1v) is 6.91. The molecule has 0 aliphatic rings. The van der Waals surface area contributed by atoms with Gasteiger partial charge >= 0.3 is 6.03 Å². The number of rotatable bonds is 2. The molecule has 20 heavy (non-hydrogen) atoms. The normalized spacial score (nSPS) is 10.4. The Morgan fingerprint density at radius 3 is 2.70 bits per heavy atom. The molecule has 0 unspecified atom stereocenters. The average molecular weight is 305 g/mol. The third-order valence-corrected chi connectivity index (χ3v) is 3.53. The Labute approximate surface area is 123 Å². The van der Waals surface area contributed by atoms with E-state index in [9.17, 15) is 4.79 Å². The molecule has 3 rings (SSSR count). The number of aromatic nitrogens is 2. The number of amides is 2.